The average molecular weight is 403 g/mol. The number of nitrogens with zero attached hydrogens (tertiary/aromatic N) is 2. The molecule has 1 amide bonds. The Morgan fingerprint density at radius 3 is 2.64 bits per heavy atom. The third kappa shape index (κ3) is 5.08. The van der Waals surface area contributed by atoms with Crippen molar-refractivity contribution in [2.75, 3.05) is 20.1 Å². The maximum atomic E-state index is 12.8. The molecule has 0 aliphatic carbocycles. The van der Waals surface area contributed by atoms with Gasteiger partial charge in [0.25, 0.3) is 5.91 Å². The first kappa shape index (κ1) is 21.7. The molecular formula is C18H22Cl3N3O. The highest BCUT2D eigenvalue weighted by Crippen LogP contribution is 2.24. The number of likely N-dealkylation sites (tertiary alicyclic amines) is 1. The normalized spacial score (nSPS) is 16.1. The molecule has 2 aromatic rings. The van der Waals surface area contributed by atoms with Crippen molar-refractivity contribution in [3.05, 3.63) is 53.3 Å². The van der Waals surface area contributed by atoms with E-state index in [0.29, 0.717) is 10.6 Å². The van der Waals surface area contributed by atoms with Gasteiger partial charge < -0.3 is 10.2 Å². The molecule has 0 saturated carbocycles. The van der Waals surface area contributed by atoms with Crippen LogP contribution in [0, 0.1) is 0 Å². The molecule has 1 aliphatic heterocycles. The minimum absolute atomic E-state index is 0. The van der Waals surface area contributed by atoms with E-state index in [1.165, 1.54) is 0 Å². The highest BCUT2D eigenvalue weighted by molar-refractivity contribution is 6.30. The van der Waals surface area contributed by atoms with Crippen molar-refractivity contribution in [2.24, 2.45) is 0 Å². The summed E-state index contributed by atoms with van der Waals surface area (Å²) in [5.74, 6) is 0.0612. The van der Waals surface area contributed by atoms with Gasteiger partial charge in [-0.05, 0) is 43.7 Å². The van der Waals surface area contributed by atoms with E-state index in [2.05, 4.69) is 10.3 Å². The smallest absolute Gasteiger partial charge is 0.255 e. The maximum absolute atomic E-state index is 12.8. The van der Waals surface area contributed by atoms with Gasteiger partial charge in [-0.2, -0.15) is 0 Å². The molecule has 25 heavy (non-hydrogen) atoms. The molecule has 2 heterocycles. The van der Waals surface area contributed by atoms with E-state index in [-0.39, 0.29) is 36.8 Å². The average Bonchev–Trinajstić information content (AvgIpc) is 3.03. The second kappa shape index (κ2) is 9.97. The van der Waals surface area contributed by atoms with Gasteiger partial charge in [0.1, 0.15) is 0 Å². The molecule has 1 aliphatic rings. The summed E-state index contributed by atoms with van der Waals surface area (Å²) in [5.41, 5.74) is 2.57. The van der Waals surface area contributed by atoms with Gasteiger partial charge in [0, 0.05) is 42.1 Å². The molecule has 4 nitrogen and oxygen atoms in total. The second-order valence-corrected chi connectivity index (χ2v) is 6.26. The number of halogens is 3. The quantitative estimate of drug-likeness (QED) is 0.838. The monoisotopic (exact) mass is 401 g/mol. The molecule has 136 valence electrons. The number of hydrogen-bond acceptors (Lipinski definition) is 3. The van der Waals surface area contributed by atoms with E-state index in [4.69, 9.17) is 11.6 Å². The van der Waals surface area contributed by atoms with Crippen molar-refractivity contribution in [1.29, 1.82) is 0 Å². The predicted molar refractivity (Wildman–Crippen MR) is 107 cm³/mol. The van der Waals surface area contributed by atoms with Crippen LogP contribution in [0.4, 0.5) is 0 Å². The first-order valence-electron chi connectivity index (χ1n) is 7.85. The van der Waals surface area contributed by atoms with E-state index in [9.17, 15) is 4.79 Å². The number of benzene rings is 1. The van der Waals surface area contributed by atoms with Crippen molar-refractivity contribution in [1.82, 2.24) is 15.2 Å². The van der Waals surface area contributed by atoms with Gasteiger partial charge in [0.05, 0.1) is 5.56 Å². The van der Waals surface area contributed by atoms with Crippen molar-refractivity contribution in [3.63, 3.8) is 0 Å². The number of likely N-dealkylation sites (N-methyl/N-ethyl adjacent to an activating group) is 1. The fourth-order valence-corrected chi connectivity index (χ4v) is 3.20. The van der Waals surface area contributed by atoms with Crippen LogP contribution in [0.2, 0.25) is 5.02 Å². The van der Waals surface area contributed by atoms with Crippen LogP contribution in [-0.4, -0.2) is 42.0 Å². The summed E-state index contributed by atoms with van der Waals surface area (Å²) < 4.78 is 0. The van der Waals surface area contributed by atoms with Gasteiger partial charge in [-0.3, -0.25) is 9.78 Å². The van der Waals surface area contributed by atoms with Crippen LogP contribution in [0.5, 0.6) is 0 Å². The van der Waals surface area contributed by atoms with E-state index in [1.807, 2.05) is 42.3 Å². The van der Waals surface area contributed by atoms with Crippen LogP contribution in [-0.2, 0) is 0 Å². The van der Waals surface area contributed by atoms with E-state index < -0.39 is 0 Å². The van der Waals surface area contributed by atoms with Crippen LogP contribution < -0.4 is 5.32 Å². The summed E-state index contributed by atoms with van der Waals surface area (Å²) in [6.45, 7) is 1.65. The number of amides is 1. The topological polar surface area (TPSA) is 45.2 Å². The number of hydrogen-bond donors (Lipinski definition) is 1. The van der Waals surface area contributed by atoms with Crippen molar-refractivity contribution in [3.8, 4) is 11.1 Å². The second-order valence-electron chi connectivity index (χ2n) is 5.82. The zero-order valence-corrected chi connectivity index (χ0v) is 16.3. The third-order valence-electron chi connectivity index (χ3n) is 4.24. The highest BCUT2D eigenvalue weighted by Gasteiger charge is 2.29. The Balaban J connectivity index is 0.00000156. The molecule has 1 aromatic heterocycles. The number of pyridine rings is 1. The van der Waals surface area contributed by atoms with E-state index in [1.54, 1.807) is 12.4 Å². The third-order valence-corrected chi connectivity index (χ3v) is 4.49. The highest BCUT2D eigenvalue weighted by atomic mass is 35.5. The Labute approximate surface area is 165 Å². The molecule has 0 bridgehead atoms. The SMILES string of the molecule is CNCC1CCCN1C(=O)c1cncc(-c2ccc(Cl)cc2)c1.Cl.Cl. The Morgan fingerprint density at radius 1 is 1.24 bits per heavy atom. The zero-order chi connectivity index (χ0) is 16.2. The number of carbonyl (C=O) groups is 1. The van der Waals surface area contributed by atoms with E-state index >= 15 is 0 Å². The number of nitrogens with one attached hydrogen (secondary N) is 1. The molecule has 1 atom stereocenters. The fourth-order valence-electron chi connectivity index (χ4n) is 3.07. The zero-order valence-electron chi connectivity index (χ0n) is 13.9. The van der Waals surface area contributed by atoms with Crippen molar-refractivity contribution >= 4 is 42.3 Å². The van der Waals surface area contributed by atoms with Crippen LogP contribution >= 0.6 is 36.4 Å². The summed E-state index contributed by atoms with van der Waals surface area (Å²) in [6.07, 6.45) is 5.53. The molecule has 0 spiro atoms. The van der Waals surface area contributed by atoms with Crippen LogP contribution in [0.15, 0.2) is 42.7 Å². The maximum Gasteiger partial charge on any atom is 0.255 e. The van der Waals surface area contributed by atoms with Gasteiger partial charge in [-0.25, -0.2) is 0 Å². The summed E-state index contributed by atoms with van der Waals surface area (Å²) in [4.78, 5) is 19.0. The lowest BCUT2D eigenvalue weighted by molar-refractivity contribution is 0.0736. The summed E-state index contributed by atoms with van der Waals surface area (Å²) >= 11 is 5.93. The van der Waals surface area contributed by atoms with Gasteiger partial charge in [0.2, 0.25) is 0 Å². The molecular weight excluding hydrogens is 381 g/mol. The molecule has 0 radical (unpaired) electrons. The first-order chi connectivity index (χ1) is 11.2. The Hall–Kier alpha value is -1.33. The van der Waals surface area contributed by atoms with Crippen molar-refractivity contribution < 1.29 is 4.79 Å². The summed E-state index contributed by atoms with van der Waals surface area (Å²) in [7, 11) is 1.92. The van der Waals surface area contributed by atoms with Gasteiger partial charge in [0.15, 0.2) is 0 Å². The molecule has 1 aromatic carbocycles. The molecule has 1 saturated heterocycles. The van der Waals surface area contributed by atoms with Gasteiger partial charge in [-0.1, -0.05) is 23.7 Å². The largest absolute Gasteiger partial charge is 0.334 e. The Morgan fingerprint density at radius 2 is 1.96 bits per heavy atom. The number of aromatic nitrogens is 1. The van der Waals surface area contributed by atoms with Crippen molar-refractivity contribution in [2.45, 2.75) is 18.9 Å². The first-order valence-corrected chi connectivity index (χ1v) is 8.23. The van der Waals surface area contributed by atoms with E-state index in [0.717, 1.165) is 37.1 Å². The lowest BCUT2D eigenvalue weighted by Crippen LogP contribution is -2.40. The van der Waals surface area contributed by atoms with Gasteiger partial charge in [-0.15, -0.1) is 24.8 Å². The Kier molecular flexibility index (Phi) is 8.66. The number of carbonyl (C=O) groups excluding carboxylic acids is 1. The van der Waals surface area contributed by atoms with Crippen LogP contribution in [0.25, 0.3) is 11.1 Å². The van der Waals surface area contributed by atoms with Gasteiger partial charge >= 0.3 is 0 Å². The molecule has 1 unspecified atom stereocenters. The molecule has 3 rings (SSSR count). The Bertz CT molecular complexity index is 694. The summed E-state index contributed by atoms with van der Waals surface area (Å²) in [6, 6.07) is 9.74. The minimum Gasteiger partial charge on any atom is -0.334 e. The molecule has 7 heteroatoms. The van der Waals surface area contributed by atoms with Crippen LogP contribution in [0.3, 0.4) is 0 Å². The summed E-state index contributed by atoms with van der Waals surface area (Å²) in [5, 5.41) is 3.86. The predicted octanol–water partition coefficient (Wildman–Crippen LogP) is 4.07. The standard InChI is InChI=1S/C18H20ClN3O.2ClH/c1-20-12-17-3-2-8-22(17)18(23)15-9-14(10-21-11-15)13-4-6-16(19)7-5-13;;/h4-7,9-11,17,20H,2-3,8,12H2,1H3;2*1H. The van der Waals surface area contributed by atoms with Crippen LogP contribution in [0.1, 0.15) is 23.2 Å². The lowest BCUT2D eigenvalue weighted by atomic mass is 10.1. The minimum atomic E-state index is 0. The molecule has 1 fully saturated rings. The lowest BCUT2D eigenvalue weighted by Gasteiger charge is -2.24. The fraction of sp³-hybridized carbons (Fsp3) is 0.333. The number of rotatable bonds is 4. The molecule has 1 N–H and O–H groups in total.